The molecule has 122 valence electrons. The van der Waals surface area contributed by atoms with Crippen molar-refractivity contribution >= 4 is 49.2 Å². The summed E-state index contributed by atoms with van der Waals surface area (Å²) in [5, 5.41) is 1.13. The van der Waals surface area contributed by atoms with Crippen LogP contribution in [0.5, 0.6) is 11.5 Å². The number of halogens is 1. The predicted molar refractivity (Wildman–Crippen MR) is 101 cm³/mol. The Kier molecular flexibility index (Phi) is 3.73. The quantitative estimate of drug-likeness (QED) is 0.595. The zero-order valence-corrected chi connectivity index (χ0v) is 15.9. The first-order chi connectivity index (χ1) is 11.6. The van der Waals surface area contributed by atoms with E-state index in [1.165, 1.54) is 10.2 Å². The molecule has 0 aliphatic carbocycles. The van der Waals surface area contributed by atoms with Crippen LogP contribution in [0.1, 0.15) is 5.01 Å². The van der Waals surface area contributed by atoms with Crippen LogP contribution in [-0.2, 0) is 7.05 Å². The molecule has 0 unspecified atom stereocenters. The molecule has 4 rings (SSSR count). The van der Waals surface area contributed by atoms with Gasteiger partial charge in [0.2, 0.25) is 11.4 Å². The number of hydrogen-bond acceptors (Lipinski definition) is 4. The Labute approximate surface area is 152 Å². The van der Waals surface area contributed by atoms with E-state index in [2.05, 4.69) is 51.8 Å². The van der Waals surface area contributed by atoms with Crippen LogP contribution in [0.3, 0.4) is 0 Å². The monoisotopic (exact) mass is 403 g/mol. The van der Waals surface area contributed by atoms with Gasteiger partial charge in [0.05, 0.1) is 18.9 Å². The van der Waals surface area contributed by atoms with Gasteiger partial charge in [-0.15, -0.1) is 0 Å². The highest BCUT2D eigenvalue weighted by molar-refractivity contribution is 9.10. The maximum absolute atomic E-state index is 6.01. The summed E-state index contributed by atoms with van der Waals surface area (Å²) in [6, 6.07) is 12.2. The summed E-state index contributed by atoms with van der Waals surface area (Å²) < 4.78 is 15.8. The van der Waals surface area contributed by atoms with Gasteiger partial charge >= 0.3 is 0 Å². The Morgan fingerprint density at radius 3 is 2.88 bits per heavy atom. The number of aryl methyl sites for hydroxylation is 1. The summed E-state index contributed by atoms with van der Waals surface area (Å²) in [7, 11) is 5.74. The standard InChI is InChI=1S/C18H16BrN2O2S/c1-20-13-9-12(22-3)5-6-15(13)23-17(20)10-18-21(2)14-8-11(19)4-7-16(14)24-18/h4-10H,1-3H3/q+1. The molecule has 1 aliphatic heterocycles. The lowest BCUT2D eigenvalue weighted by Gasteiger charge is -2.10. The number of thiazole rings is 1. The van der Waals surface area contributed by atoms with Crippen LogP contribution < -0.4 is 18.9 Å². The summed E-state index contributed by atoms with van der Waals surface area (Å²) in [6.07, 6.45) is 2.07. The van der Waals surface area contributed by atoms with Crippen molar-refractivity contribution in [3.05, 3.63) is 51.8 Å². The topological polar surface area (TPSA) is 25.6 Å². The van der Waals surface area contributed by atoms with Crippen LogP contribution in [0.25, 0.3) is 16.3 Å². The van der Waals surface area contributed by atoms with E-state index in [9.17, 15) is 0 Å². The van der Waals surface area contributed by atoms with Gasteiger partial charge in [-0.05, 0) is 24.3 Å². The highest BCUT2D eigenvalue weighted by atomic mass is 79.9. The minimum atomic E-state index is 0.805. The van der Waals surface area contributed by atoms with Gasteiger partial charge in [-0.25, -0.2) is 0 Å². The number of aromatic nitrogens is 1. The highest BCUT2D eigenvalue weighted by Gasteiger charge is 2.26. The van der Waals surface area contributed by atoms with Crippen molar-refractivity contribution in [2.45, 2.75) is 0 Å². The van der Waals surface area contributed by atoms with Crippen molar-refractivity contribution in [1.82, 2.24) is 0 Å². The van der Waals surface area contributed by atoms with Gasteiger partial charge in [-0.2, -0.15) is 4.57 Å². The van der Waals surface area contributed by atoms with Crippen molar-refractivity contribution in [2.75, 3.05) is 19.1 Å². The maximum atomic E-state index is 6.01. The van der Waals surface area contributed by atoms with E-state index >= 15 is 0 Å². The van der Waals surface area contributed by atoms with E-state index in [1.807, 2.05) is 30.1 Å². The molecule has 2 aromatic carbocycles. The fraction of sp³-hybridized carbons (Fsp3) is 0.167. The minimum Gasteiger partial charge on any atom is -0.497 e. The largest absolute Gasteiger partial charge is 0.497 e. The highest BCUT2D eigenvalue weighted by Crippen LogP contribution is 2.41. The van der Waals surface area contributed by atoms with Gasteiger partial charge in [-0.1, -0.05) is 27.3 Å². The molecular formula is C18H16BrN2O2S+. The van der Waals surface area contributed by atoms with Crippen LogP contribution in [0.2, 0.25) is 0 Å². The lowest BCUT2D eigenvalue weighted by Crippen LogP contribution is -2.29. The first-order valence-electron chi connectivity index (χ1n) is 7.46. The Balaban J connectivity index is 1.76. The van der Waals surface area contributed by atoms with Crippen molar-refractivity contribution in [3.63, 3.8) is 0 Å². The van der Waals surface area contributed by atoms with Crippen LogP contribution in [0.4, 0.5) is 5.69 Å². The number of methoxy groups -OCH3 is 1. The second-order valence-corrected chi connectivity index (χ2v) is 7.57. The smallest absolute Gasteiger partial charge is 0.267 e. The van der Waals surface area contributed by atoms with Gasteiger partial charge in [-0.3, -0.25) is 0 Å². The zero-order chi connectivity index (χ0) is 16.8. The van der Waals surface area contributed by atoms with Crippen LogP contribution in [0, 0.1) is 0 Å². The summed E-state index contributed by atoms with van der Waals surface area (Å²) in [6.45, 7) is 0. The molecule has 0 atom stereocenters. The van der Waals surface area contributed by atoms with Crippen LogP contribution >= 0.6 is 27.3 Å². The Morgan fingerprint density at radius 1 is 1.25 bits per heavy atom. The third kappa shape index (κ3) is 2.46. The third-order valence-electron chi connectivity index (χ3n) is 4.15. The number of anilines is 1. The molecule has 0 saturated carbocycles. The molecule has 4 nitrogen and oxygen atoms in total. The van der Waals surface area contributed by atoms with Gasteiger partial charge in [0.15, 0.2) is 5.75 Å². The maximum Gasteiger partial charge on any atom is 0.267 e. The second kappa shape index (κ2) is 5.79. The minimum absolute atomic E-state index is 0.805. The van der Waals surface area contributed by atoms with Crippen molar-refractivity contribution in [1.29, 1.82) is 0 Å². The van der Waals surface area contributed by atoms with Crippen LogP contribution in [-0.4, -0.2) is 14.2 Å². The molecule has 0 radical (unpaired) electrons. The number of fused-ring (bicyclic) bond motifs is 2. The molecule has 0 N–H and O–H groups in total. The van der Waals surface area contributed by atoms with Gasteiger partial charge < -0.3 is 14.4 Å². The molecule has 0 bridgehead atoms. The molecule has 6 heteroatoms. The van der Waals surface area contributed by atoms with E-state index in [0.717, 1.165) is 32.5 Å². The third-order valence-corrected chi connectivity index (χ3v) is 5.81. The van der Waals surface area contributed by atoms with Crippen molar-refractivity contribution < 1.29 is 14.0 Å². The molecular weight excluding hydrogens is 388 g/mol. The fourth-order valence-electron chi connectivity index (χ4n) is 2.77. The SMILES string of the molecule is COc1ccc2c(c1)N(C)C(=Cc1sc3ccc(Br)cc3[n+]1C)O2. The van der Waals surface area contributed by atoms with E-state index < -0.39 is 0 Å². The fourth-order valence-corrected chi connectivity index (χ4v) is 4.18. The van der Waals surface area contributed by atoms with E-state index in [4.69, 9.17) is 9.47 Å². The molecule has 0 amide bonds. The van der Waals surface area contributed by atoms with Gasteiger partial charge in [0.1, 0.15) is 17.5 Å². The summed E-state index contributed by atoms with van der Waals surface area (Å²) in [4.78, 5) is 2.04. The predicted octanol–water partition coefficient (Wildman–Crippen LogP) is 4.32. The molecule has 0 saturated heterocycles. The Morgan fingerprint density at radius 2 is 2.08 bits per heavy atom. The molecule has 3 aromatic rings. The summed E-state index contributed by atoms with van der Waals surface area (Å²) in [5.41, 5.74) is 2.20. The molecule has 1 aliphatic rings. The van der Waals surface area contributed by atoms with Crippen molar-refractivity contribution in [3.8, 4) is 11.5 Å². The van der Waals surface area contributed by atoms with Crippen molar-refractivity contribution in [2.24, 2.45) is 7.05 Å². The van der Waals surface area contributed by atoms with Gasteiger partial charge in [0, 0.05) is 23.7 Å². The number of benzene rings is 2. The number of ether oxygens (including phenoxy) is 2. The molecule has 24 heavy (non-hydrogen) atoms. The average molecular weight is 404 g/mol. The number of rotatable bonds is 2. The van der Waals surface area contributed by atoms with E-state index in [-0.39, 0.29) is 0 Å². The summed E-state index contributed by atoms with van der Waals surface area (Å²) >= 11 is 5.28. The number of nitrogens with zero attached hydrogens (tertiary/aromatic N) is 2. The molecule has 0 spiro atoms. The zero-order valence-electron chi connectivity index (χ0n) is 13.5. The second-order valence-electron chi connectivity index (χ2n) is 5.59. The number of hydrogen-bond donors (Lipinski definition) is 0. The average Bonchev–Trinajstić information content (AvgIpc) is 3.06. The molecule has 2 heterocycles. The van der Waals surface area contributed by atoms with E-state index in [1.54, 1.807) is 18.4 Å². The van der Waals surface area contributed by atoms with E-state index in [0.29, 0.717) is 0 Å². The lowest BCUT2D eigenvalue weighted by atomic mass is 10.2. The summed E-state index contributed by atoms with van der Waals surface area (Å²) in [5.74, 6) is 2.47. The first kappa shape index (κ1) is 15.5. The lowest BCUT2D eigenvalue weighted by molar-refractivity contribution is -0.642. The van der Waals surface area contributed by atoms with Gasteiger partial charge in [0.25, 0.3) is 5.01 Å². The Bertz CT molecular complexity index is 981. The Hall–Kier alpha value is -2.05. The molecule has 1 aromatic heterocycles. The first-order valence-corrected chi connectivity index (χ1v) is 9.07. The normalized spacial score (nSPS) is 15.0. The molecule has 0 fully saturated rings. The van der Waals surface area contributed by atoms with Crippen LogP contribution in [0.15, 0.2) is 46.8 Å².